The summed E-state index contributed by atoms with van der Waals surface area (Å²) in [5, 5.41) is 7.15. The van der Waals surface area contributed by atoms with Crippen LogP contribution >= 0.6 is 0 Å². The molecule has 0 radical (unpaired) electrons. The fourth-order valence-electron chi connectivity index (χ4n) is 5.20. The molecule has 0 N–H and O–H groups in total. The number of hydrogen-bond donors (Lipinski definition) is 0. The first-order valence-corrected chi connectivity index (χ1v) is 12.3. The summed E-state index contributed by atoms with van der Waals surface area (Å²) in [6.07, 6.45) is 0. The van der Waals surface area contributed by atoms with Gasteiger partial charge in [0.15, 0.2) is 0 Å². The third-order valence-corrected chi connectivity index (χ3v) is 7.12. The second kappa shape index (κ2) is 8.00. The van der Waals surface area contributed by atoms with Crippen molar-refractivity contribution in [1.82, 2.24) is 9.97 Å². The van der Waals surface area contributed by atoms with E-state index in [4.69, 9.17) is 9.97 Å². The lowest BCUT2D eigenvalue weighted by Crippen LogP contribution is -1.90. The first-order valence-electron chi connectivity index (χ1n) is 12.3. The SMILES string of the molecule is Cc1ccc2ccc3ccc(-c4cccc(-c5ccc6ccc7ccc(C)cc7c6n5)c4)nc3c2c1. The smallest absolute Gasteiger partial charge is 0.0787 e. The van der Waals surface area contributed by atoms with Gasteiger partial charge in [-0.25, -0.2) is 9.97 Å². The molecule has 2 heteroatoms. The van der Waals surface area contributed by atoms with Gasteiger partial charge in [0.05, 0.1) is 22.4 Å². The van der Waals surface area contributed by atoms with Gasteiger partial charge in [0, 0.05) is 32.7 Å². The summed E-state index contributed by atoms with van der Waals surface area (Å²) in [5.41, 5.74) is 8.71. The quantitative estimate of drug-likeness (QED) is 0.241. The van der Waals surface area contributed by atoms with Crippen molar-refractivity contribution < 1.29 is 0 Å². The predicted octanol–water partition coefficient (Wildman–Crippen LogP) is 9.04. The molecule has 0 saturated carbocycles. The summed E-state index contributed by atoms with van der Waals surface area (Å²) < 4.78 is 0. The maximum absolute atomic E-state index is 5.13. The largest absolute Gasteiger partial charge is 0.247 e. The van der Waals surface area contributed by atoms with Gasteiger partial charge >= 0.3 is 0 Å². The van der Waals surface area contributed by atoms with Crippen molar-refractivity contribution in [3.8, 4) is 22.5 Å². The van der Waals surface area contributed by atoms with E-state index in [0.29, 0.717) is 0 Å². The summed E-state index contributed by atoms with van der Waals surface area (Å²) in [5.74, 6) is 0. The normalized spacial score (nSPS) is 11.6. The third-order valence-electron chi connectivity index (χ3n) is 7.12. The Bertz CT molecular complexity index is 1830. The van der Waals surface area contributed by atoms with E-state index in [-0.39, 0.29) is 0 Å². The lowest BCUT2D eigenvalue weighted by Gasteiger charge is -2.10. The molecular formula is C34H24N2. The molecule has 0 aliphatic rings. The van der Waals surface area contributed by atoms with Gasteiger partial charge in [-0.3, -0.25) is 0 Å². The monoisotopic (exact) mass is 460 g/mol. The van der Waals surface area contributed by atoms with Crippen molar-refractivity contribution >= 4 is 43.4 Å². The first-order chi connectivity index (χ1) is 17.6. The molecule has 7 rings (SSSR count). The first kappa shape index (κ1) is 20.8. The van der Waals surface area contributed by atoms with Crippen LogP contribution in [0.15, 0.2) is 109 Å². The summed E-state index contributed by atoms with van der Waals surface area (Å²) in [7, 11) is 0. The van der Waals surface area contributed by atoms with E-state index in [0.717, 1.165) is 44.3 Å². The van der Waals surface area contributed by atoms with Gasteiger partial charge in [-0.2, -0.15) is 0 Å². The Hall–Kier alpha value is -4.56. The Morgan fingerprint density at radius 3 is 1.33 bits per heavy atom. The van der Waals surface area contributed by atoms with Gasteiger partial charge in [-0.1, -0.05) is 90.0 Å². The van der Waals surface area contributed by atoms with Crippen LogP contribution in [0, 0.1) is 13.8 Å². The fraction of sp³-hybridized carbons (Fsp3) is 0.0588. The molecule has 7 aromatic rings. The minimum atomic E-state index is 0.972. The molecule has 0 fully saturated rings. The summed E-state index contributed by atoms with van der Waals surface area (Å²) >= 11 is 0. The zero-order chi connectivity index (χ0) is 24.2. The summed E-state index contributed by atoms with van der Waals surface area (Å²) in [6.45, 7) is 4.26. The standard InChI is InChI=1S/C34H24N2/c1-21-6-8-23-10-12-25-14-16-31(35-33(25)29(23)18-21)27-4-3-5-28(20-27)32-17-15-26-13-11-24-9-7-22(2)19-30(24)34(26)36-32/h3-20H,1-2H3. The number of pyridine rings is 2. The van der Waals surface area contributed by atoms with Crippen LogP contribution in [0.5, 0.6) is 0 Å². The zero-order valence-electron chi connectivity index (χ0n) is 20.3. The molecule has 0 aliphatic carbocycles. The number of rotatable bonds is 2. The number of fused-ring (bicyclic) bond motifs is 6. The van der Waals surface area contributed by atoms with E-state index in [2.05, 4.69) is 123 Å². The Balaban J connectivity index is 1.38. The number of nitrogens with zero attached hydrogens (tertiary/aromatic N) is 2. The molecule has 2 nitrogen and oxygen atoms in total. The lowest BCUT2D eigenvalue weighted by atomic mass is 10.0. The average Bonchev–Trinajstić information content (AvgIpc) is 2.92. The van der Waals surface area contributed by atoms with Crippen LogP contribution in [0.2, 0.25) is 0 Å². The summed E-state index contributed by atoms with van der Waals surface area (Å²) in [6, 6.07) is 39.0. The Labute approximate surface area is 209 Å². The van der Waals surface area contributed by atoms with Crippen molar-refractivity contribution in [3.05, 3.63) is 120 Å². The van der Waals surface area contributed by atoms with Crippen LogP contribution in [0.3, 0.4) is 0 Å². The van der Waals surface area contributed by atoms with Crippen LogP contribution in [0.1, 0.15) is 11.1 Å². The maximum Gasteiger partial charge on any atom is 0.0787 e. The van der Waals surface area contributed by atoms with Crippen LogP contribution in [0.4, 0.5) is 0 Å². The number of hydrogen-bond acceptors (Lipinski definition) is 2. The molecule has 0 spiro atoms. The molecule has 0 unspecified atom stereocenters. The molecule has 0 aliphatic heterocycles. The number of benzene rings is 5. The van der Waals surface area contributed by atoms with E-state index in [1.165, 1.54) is 32.7 Å². The molecule has 0 amide bonds. The van der Waals surface area contributed by atoms with E-state index >= 15 is 0 Å². The molecule has 0 bridgehead atoms. The minimum Gasteiger partial charge on any atom is -0.247 e. The number of aryl methyl sites for hydroxylation is 2. The van der Waals surface area contributed by atoms with E-state index < -0.39 is 0 Å². The average molecular weight is 461 g/mol. The predicted molar refractivity (Wildman–Crippen MR) is 152 cm³/mol. The van der Waals surface area contributed by atoms with Crippen molar-refractivity contribution in [2.75, 3.05) is 0 Å². The van der Waals surface area contributed by atoms with Gasteiger partial charge in [0.25, 0.3) is 0 Å². The molecule has 36 heavy (non-hydrogen) atoms. The van der Waals surface area contributed by atoms with Crippen LogP contribution < -0.4 is 0 Å². The van der Waals surface area contributed by atoms with Crippen molar-refractivity contribution in [2.24, 2.45) is 0 Å². The molecule has 2 aromatic heterocycles. The molecule has 0 atom stereocenters. The van der Waals surface area contributed by atoms with Crippen LogP contribution in [-0.2, 0) is 0 Å². The highest BCUT2D eigenvalue weighted by Crippen LogP contribution is 2.31. The van der Waals surface area contributed by atoms with Crippen LogP contribution in [0.25, 0.3) is 65.9 Å². The van der Waals surface area contributed by atoms with Gasteiger partial charge in [-0.05, 0) is 55.0 Å². The minimum absolute atomic E-state index is 0.972. The molecule has 170 valence electrons. The highest BCUT2D eigenvalue weighted by atomic mass is 14.7. The highest BCUT2D eigenvalue weighted by Gasteiger charge is 2.09. The fourth-order valence-corrected chi connectivity index (χ4v) is 5.20. The van der Waals surface area contributed by atoms with Crippen molar-refractivity contribution in [1.29, 1.82) is 0 Å². The summed E-state index contributed by atoms with van der Waals surface area (Å²) in [4.78, 5) is 10.3. The van der Waals surface area contributed by atoms with Crippen molar-refractivity contribution in [2.45, 2.75) is 13.8 Å². The van der Waals surface area contributed by atoms with Gasteiger partial charge in [0.1, 0.15) is 0 Å². The zero-order valence-corrected chi connectivity index (χ0v) is 20.3. The van der Waals surface area contributed by atoms with Crippen molar-refractivity contribution in [3.63, 3.8) is 0 Å². The maximum atomic E-state index is 5.13. The van der Waals surface area contributed by atoms with E-state index in [1.807, 2.05) is 0 Å². The van der Waals surface area contributed by atoms with Gasteiger partial charge in [-0.15, -0.1) is 0 Å². The number of aromatic nitrogens is 2. The Kier molecular flexibility index (Phi) is 4.62. The Morgan fingerprint density at radius 2 is 0.833 bits per heavy atom. The lowest BCUT2D eigenvalue weighted by molar-refractivity contribution is 1.38. The highest BCUT2D eigenvalue weighted by molar-refractivity contribution is 6.07. The molecule has 2 heterocycles. The molecule has 5 aromatic carbocycles. The Morgan fingerprint density at radius 1 is 0.417 bits per heavy atom. The molecular weight excluding hydrogens is 436 g/mol. The van der Waals surface area contributed by atoms with Gasteiger partial charge in [0.2, 0.25) is 0 Å². The topological polar surface area (TPSA) is 25.8 Å². The van der Waals surface area contributed by atoms with E-state index in [9.17, 15) is 0 Å². The molecule has 0 saturated heterocycles. The second-order valence-electron chi connectivity index (χ2n) is 9.70. The van der Waals surface area contributed by atoms with E-state index in [1.54, 1.807) is 0 Å². The third kappa shape index (κ3) is 3.42. The second-order valence-corrected chi connectivity index (χ2v) is 9.70. The van der Waals surface area contributed by atoms with Gasteiger partial charge < -0.3 is 0 Å². The van der Waals surface area contributed by atoms with Crippen LogP contribution in [-0.4, -0.2) is 9.97 Å².